The molecule has 0 aromatic carbocycles. The minimum Gasteiger partial charge on any atom is -0.382 e. The van der Waals surface area contributed by atoms with Crippen LogP contribution in [0, 0.1) is 0 Å². The molecule has 0 aliphatic heterocycles. The van der Waals surface area contributed by atoms with Gasteiger partial charge in [-0.05, 0) is 0 Å². The Balaban J connectivity index is 3.54. The average Bonchev–Trinajstić information content (AvgIpc) is 2.14. The van der Waals surface area contributed by atoms with Crippen LogP contribution in [0.2, 0.25) is 0 Å². The van der Waals surface area contributed by atoms with E-state index in [1.54, 1.807) is 14.2 Å². The van der Waals surface area contributed by atoms with E-state index in [9.17, 15) is 0 Å². The molecule has 0 saturated heterocycles. The second kappa shape index (κ2) is 9.40. The minimum atomic E-state index is 0.109. The summed E-state index contributed by atoms with van der Waals surface area (Å²) < 4.78 is 15.5. The van der Waals surface area contributed by atoms with Crippen molar-refractivity contribution >= 4 is 0 Å². The van der Waals surface area contributed by atoms with Gasteiger partial charge in [0.25, 0.3) is 0 Å². The number of hydrogen-bond acceptors (Lipinski definition) is 4. The van der Waals surface area contributed by atoms with Crippen molar-refractivity contribution in [3.05, 3.63) is 0 Å². The van der Waals surface area contributed by atoms with Gasteiger partial charge in [0.05, 0.1) is 25.9 Å². The van der Waals surface area contributed by atoms with Gasteiger partial charge in [-0.2, -0.15) is 0 Å². The fraction of sp³-hybridized carbons (Fsp3) is 1.00. The lowest BCUT2D eigenvalue weighted by Gasteiger charge is -2.19. The first-order valence-corrected chi connectivity index (χ1v) is 5.03. The molecule has 86 valence electrons. The maximum absolute atomic E-state index is 5.56. The molecular weight excluding hydrogens is 182 g/mol. The van der Waals surface area contributed by atoms with Gasteiger partial charge in [0.15, 0.2) is 0 Å². The zero-order valence-electron chi connectivity index (χ0n) is 9.71. The summed E-state index contributed by atoms with van der Waals surface area (Å²) in [5.41, 5.74) is 0. The Kier molecular flexibility index (Phi) is 9.29. The number of ether oxygens (including phenoxy) is 3. The van der Waals surface area contributed by atoms with Crippen LogP contribution in [0.5, 0.6) is 0 Å². The molecule has 0 aliphatic carbocycles. The maximum atomic E-state index is 5.56. The molecular formula is C10H23NO3. The van der Waals surface area contributed by atoms with Crippen molar-refractivity contribution in [2.75, 3.05) is 40.6 Å². The van der Waals surface area contributed by atoms with Gasteiger partial charge in [-0.25, -0.2) is 0 Å². The molecule has 0 heterocycles. The second-order valence-corrected chi connectivity index (χ2v) is 3.50. The molecule has 4 heteroatoms. The number of methoxy groups -OCH3 is 2. The molecule has 0 rings (SSSR count). The normalized spacial score (nSPS) is 13.5. The quantitative estimate of drug-likeness (QED) is 0.561. The van der Waals surface area contributed by atoms with E-state index >= 15 is 0 Å². The zero-order chi connectivity index (χ0) is 10.8. The first-order chi connectivity index (χ1) is 6.70. The molecule has 0 aromatic rings. The van der Waals surface area contributed by atoms with Crippen LogP contribution in [-0.4, -0.2) is 52.7 Å². The van der Waals surface area contributed by atoms with Crippen LogP contribution in [0.15, 0.2) is 0 Å². The van der Waals surface area contributed by atoms with Gasteiger partial charge in [0, 0.05) is 26.8 Å². The molecule has 0 aliphatic rings. The smallest absolute Gasteiger partial charge is 0.0933 e. The number of rotatable bonds is 9. The molecule has 1 unspecified atom stereocenters. The standard InChI is InChI=1S/C10H23NO3/c1-9(2)11-7-10(8-13-4)14-6-5-12-3/h9-11H,5-8H2,1-4H3. The van der Waals surface area contributed by atoms with E-state index in [-0.39, 0.29) is 6.10 Å². The third-order valence-electron chi connectivity index (χ3n) is 1.75. The van der Waals surface area contributed by atoms with Crippen LogP contribution in [0.4, 0.5) is 0 Å². The van der Waals surface area contributed by atoms with E-state index < -0.39 is 0 Å². The highest BCUT2D eigenvalue weighted by Gasteiger charge is 2.08. The van der Waals surface area contributed by atoms with Gasteiger partial charge in [0.1, 0.15) is 0 Å². The van der Waals surface area contributed by atoms with E-state index in [4.69, 9.17) is 14.2 Å². The summed E-state index contributed by atoms with van der Waals surface area (Å²) in [7, 11) is 3.35. The molecule has 0 radical (unpaired) electrons. The Morgan fingerprint density at radius 1 is 1.07 bits per heavy atom. The van der Waals surface area contributed by atoms with Crippen molar-refractivity contribution < 1.29 is 14.2 Å². The van der Waals surface area contributed by atoms with Gasteiger partial charge in [-0.15, -0.1) is 0 Å². The first-order valence-electron chi connectivity index (χ1n) is 5.03. The lowest BCUT2D eigenvalue weighted by molar-refractivity contribution is -0.0212. The summed E-state index contributed by atoms with van der Waals surface area (Å²) in [5, 5.41) is 3.31. The van der Waals surface area contributed by atoms with Crippen LogP contribution in [0.1, 0.15) is 13.8 Å². The lowest BCUT2D eigenvalue weighted by atomic mass is 10.3. The molecule has 1 atom stereocenters. The highest BCUT2D eigenvalue weighted by Crippen LogP contribution is 1.93. The molecule has 0 amide bonds. The highest BCUT2D eigenvalue weighted by molar-refractivity contribution is 4.63. The fourth-order valence-corrected chi connectivity index (χ4v) is 1.02. The molecule has 0 fully saturated rings. The SMILES string of the molecule is COCCOC(CNC(C)C)COC. The van der Waals surface area contributed by atoms with Gasteiger partial charge < -0.3 is 19.5 Å². The van der Waals surface area contributed by atoms with Crippen molar-refractivity contribution in [1.82, 2.24) is 5.32 Å². The van der Waals surface area contributed by atoms with Gasteiger partial charge in [-0.1, -0.05) is 13.8 Å². The van der Waals surface area contributed by atoms with E-state index in [2.05, 4.69) is 19.2 Å². The molecule has 4 nitrogen and oxygen atoms in total. The third kappa shape index (κ3) is 8.44. The first kappa shape index (κ1) is 13.8. The summed E-state index contributed by atoms with van der Waals surface area (Å²) >= 11 is 0. The van der Waals surface area contributed by atoms with Gasteiger partial charge in [-0.3, -0.25) is 0 Å². The summed E-state index contributed by atoms with van der Waals surface area (Å²) in [6.07, 6.45) is 0.109. The molecule has 14 heavy (non-hydrogen) atoms. The van der Waals surface area contributed by atoms with Gasteiger partial charge in [0.2, 0.25) is 0 Å². The summed E-state index contributed by atoms with van der Waals surface area (Å²) in [5.74, 6) is 0. The Labute approximate surface area is 86.9 Å². The Morgan fingerprint density at radius 3 is 2.29 bits per heavy atom. The van der Waals surface area contributed by atoms with Crippen LogP contribution in [0.25, 0.3) is 0 Å². The van der Waals surface area contributed by atoms with Crippen molar-refractivity contribution in [3.8, 4) is 0 Å². The van der Waals surface area contributed by atoms with Crippen LogP contribution in [0.3, 0.4) is 0 Å². The molecule has 0 saturated carbocycles. The largest absolute Gasteiger partial charge is 0.382 e. The zero-order valence-corrected chi connectivity index (χ0v) is 9.71. The van der Waals surface area contributed by atoms with Gasteiger partial charge >= 0.3 is 0 Å². The third-order valence-corrected chi connectivity index (χ3v) is 1.75. The average molecular weight is 205 g/mol. The Hall–Kier alpha value is -0.160. The Morgan fingerprint density at radius 2 is 1.79 bits per heavy atom. The van der Waals surface area contributed by atoms with E-state index in [1.807, 2.05) is 0 Å². The number of hydrogen-bond donors (Lipinski definition) is 1. The summed E-state index contributed by atoms with van der Waals surface area (Å²) in [4.78, 5) is 0. The molecule has 0 bridgehead atoms. The highest BCUT2D eigenvalue weighted by atomic mass is 16.5. The van der Waals surface area contributed by atoms with E-state index in [1.165, 1.54) is 0 Å². The second-order valence-electron chi connectivity index (χ2n) is 3.50. The monoisotopic (exact) mass is 205 g/mol. The Bertz CT molecular complexity index is 120. The van der Waals surface area contributed by atoms with E-state index in [0.29, 0.717) is 25.9 Å². The predicted molar refractivity (Wildman–Crippen MR) is 56.6 cm³/mol. The summed E-state index contributed by atoms with van der Waals surface area (Å²) in [6, 6.07) is 0.473. The maximum Gasteiger partial charge on any atom is 0.0933 e. The van der Waals surface area contributed by atoms with Crippen LogP contribution < -0.4 is 5.32 Å². The minimum absolute atomic E-state index is 0.109. The molecule has 1 N–H and O–H groups in total. The fourth-order valence-electron chi connectivity index (χ4n) is 1.02. The lowest BCUT2D eigenvalue weighted by Crippen LogP contribution is -2.36. The van der Waals surface area contributed by atoms with Crippen molar-refractivity contribution in [1.29, 1.82) is 0 Å². The topological polar surface area (TPSA) is 39.7 Å². The van der Waals surface area contributed by atoms with Crippen molar-refractivity contribution in [2.24, 2.45) is 0 Å². The molecule has 0 aromatic heterocycles. The van der Waals surface area contributed by atoms with E-state index in [0.717, 1.165) is 6.54 Å². The van der Waals surface area contributed by atoms with Crippen LogP contribution in [-0.2, 0) is 14.2 Å². The number of nitrogens with one attached hydrogen (secondary N) is 1. The molecule has 0 spiro atoms. The van der Waals surface area contributed by atoms with Crippen LogP contribution >= 0.6 is 0 Å². The predicted octanol–water partition coefficient (Wildman–Crippen LogP) is 0.662. The summed E-state index contributed by atoms with van der Waals surface area (Å²) in [6.45, 7) is 6.89. The van der Waals surface area contributed by atoms with Crippen molar-refractivity contribution in [3.63, 3.8) is 0 Å². The van der Waals surface area contributed by atoms with Crippen molar-refractivity contribution in [2.45, 2.75) is 26.0 Å².